The number of hydrogen-bond acceptors (Lipinski definition) is 1. The molecule has 1 heteroatoms. The SMILES string of the molecule is CCCOCC(C)CC(C)(C)C. The molecule has 0 aromatic rings. The average Bonchev–Trinajstić information content (AvgIpc) is 1.84. The molecule has 74 valence electrons. The van der Waals surface area contributed by atoms with Crippen LogP contribution in [-0.4, -0.2) is 13.2 Å². The molecule has 0 fully saturated rings. The van der Waals surface area contributed by atoms with Gasteiger partial charge in [-0.2, -0.15) is 0 Å². The van der Waals surface area contributed by atoms with E-state index in [0.29, 0.717) is 11.3 Å². The van der Waals surface area contributed by atoms with Gasteiger partial charge < -0.3 is 4.74 Å². The van der Waals surface area contributed by atoms with Crippen molar-refractivity contribution >= 4 is 0 Å². The van der Waals surface area contributed by atoms with Crippen LogP contribution in [0.4, 0.5) is 0 Å². The van der Waals surface area contributed by atoms with Gasteiger partial charge in [0, 0.05) is 13.2 Å². The predicted molar refractivity (Wildman–Crippen MR) is 54.3 cm³/mol. The summed E-state index contributed by atoms with van der Waals surface area (Å²) < 4.78 is 5.49. The molecule has 0 radical (unpaired) electrons. The number of hydrogen-bond donors (Lipinski definition) is 0. The van der Waals surface area contributed by atoms with Gasteiger partial charge in [-0.15, -0.1) is 0 Å². The molecule has 0 saturated heterocycles. The predicted octanol–water partition coefficient (Wildman–Crippen LogP) is 3.49. The Morgan fingerprint density at radius 1 is 1.25 bits per heavy atom. The van der Waals surface area contributed by atoms with Crippen molar-refractivity contribution in [2.45, 2.75) is 47.5 Å². The Kier molecular flexibility index (Phi) is 5.56. The molecule has 1 nitrogen and oxygen atoms in total. The van der Waals surface area contributed by atoms with Crippen molar-refractivity contribution in [2.24, 2.45) is 11.3 Å². The van der Waals surface area contributed by atoms with E-state index in [2.05, 4.69) is 34.6 Å². The van der Waals surface area contributed by atoms with E-state index in [-0.39, 0.29) is 0 Å². The Labute approximate surface area is 77.5 Å². The van der Waals surface area contributed by atoms with Gasteiger partial charge in [0.25, 0.3) is 0 Å². The molecule has 0 spiro atoms. The minimum atomic E-state index is 0.439. The zero-order valence-electron chi connectivity index (χ0n) is 9.31. The second-order valence-corrected chi connectivity index (χ2v) is 4.94. The third-order valence-corrected chi connectivity index (χ3v) is 1.71. The summed E-state index contributed by atoms with van der Waals surface area (Å²) in [6.07, 6.45) is 2.37. The maximum Gasteiger partial charge on any atom is 0.0491 e. The van der Waals surface area contributed by atoms with E-state index in [1.807, 2.05) is 0 Å². The summed E-state index contributed by atoms with van der Waals surface area (Å²) in [7, 11) is 0. The molecule has 0 aliphatic rings. The molecule has 0 aromatic heterocycles. The molecule has 0 bridgehead atoms. The second kappa shape index (κ2) is 5.58. The standard InChI is InChI=1S/C11H24O/c1-6-7-12-9-10(2)8-11(3,4)5/h10H,6-9H2,1-5H3. The van der Waals surface area contributed by atoms with Crippen molar-refractivity contribution in [2.75, 3.05) is 13.2 Å². The summed E-state index contributed by atoms with van der Waals surface area (Å²) in [5.74, 6) is 0.691. The Morgan fingerprint density at radius 2 is 1.83 bits per heavy atom. The van der Waals surface area contributed by atoms with Gasteiger partial charge in [0.2, 0.25) is 0 Å². The summed E-state index contributed by atoms with van der Waals surface area (Å²) in [6.45, 7) is 13.1. The highest BCUT2D eigenvalue weighted by molar-refractivity contribution is 4.65. The molecule has 0 saturated carbocycles. The molecule has 0 rings (SSSR count). The fourth-order valence-corrected chi connectivity index (χ4v) is 1.53. The molecule has 0 aromatic carbocycles. The van der Waals surface area contributed by atoms with E-state index in [0.717, 1.165) is 19.6 Å². The lowest BCUT2D eigenvalue weighted by Gasteiger charge is -2.22. The van der Waals surface area contributed by atoms with Crippen LogP contribution >= 0.6 is 0 Å². The molecule has 0 aliphatic carbocycles. The highest BCUT2D eigenvalue weighted by Crippen LogP contribution is 2.24. The monoisotopic (exact) mass is 172 g/mol. The van der Waals surface area contributed by atoms with Gasteiger partial charge in [0.1, 0.15) is 0 Å². The Hall–Kier alpha value is -0.0400. The van der Waals surface area contributed by atoms with Crippen molar-refractivity contribution in [1.29, 1.82) is 0 Å². The lowest BCUT2D eigenvalue weighted by Crippen LogP contribution is -2.15. The van der Waals surface area contributed by atoms with Crippen LogP contribution in [-0.2, 0) is 4.74 Å². The Morgan fingerprint density at radius 3 is 2.25 bits per heavy atom. The third kappa shape index (κ3) is 8.06. The minimum absolute atomic E-state index is 0.439. The van der Waals surface area contributed by atoms with Crippen LogP contribution in [0.2, 0.25) is 0 Å². The van der Waals surface area contributed by atoms with Crippen LogP contribution in [0.5, 0.6) is 0 Å². The summed E-state index contributed by atoms with van der Waals surface area (Å²) >= 11 is 0. The van der Waals surface area contributed by atoms with Gasteiger partial charge >= 0.3 is 0 Å². The molecule has 1 unspecified atom stereocenters. The van der Waals surface area contributed by atoms with E-state index in [4.69, 9.17) is 4.74 Å². The van der Waals surface area contributed by atoms with E-state index in [1.165, 1.54) is 6.42 Å². The van der Waals surface area contributed by atoms with Crippen LogP contribution < -0.4 is 0 Å². The lowest BCUT2D eigenvalue weighted by atomic mass is 9.86. The molecular weight excluding hydrogens is 148 g/mol. The first-order chi connectivity index (χ1) is 5.45. The number of rotatable bonds is 5. The van der Waals surface area contributed by atoms with Crippen LogP contribution in [0.1, 0.15) is 47.5 Å². The van der Waals surface area contributed by atoms with Gasteiger partial charge in [-0.05, 0) is 24.2 Å². The summed E-state index contributed by atoms with van der Waals surface area (Å²) in [5, 5.41) is 0. The largest absolute Gasteiger partial charge is 0.381 e. The molecule has 0 amide bonds. The number of ether oxygens (including phenoxy) is 1. The Bertz CT molecular complexity index is 102. The Balaban J connectivity index is 3.40. The van der Waals surface area contributed by atoms with Gasteiger partial charge in [0.15, 0.2) is 0 Å². The topological polar surface area (TPSA) is 9.23 Å². The summed E-state index contributed by atoms with van der Waals surface area (Å²) in [6, 6.07) is 0. The smallest absolute Gasteiger partial charge is 0.0491 e. The quantitative estimate of drug-likeness (QED) is 0.577. The van der Waals surface area contributed by atoms with Crippen LogP contribution in [0.25, 0.3) is 0 Å². The average molecular weight is 172 g/mol. The van der Waals surface area contributed by atoms with Crippen molar-refractivity contribution in [1.82, 2.24) is 0 Å². The second-order valence-electron chi connectivity index (χ2n) is 4.94. The van der Waals surface area contributed by atoms with Crippen LogP contribution in [0.15, 0.2) is 0 Å². The van der Waals surface area contributed by atoms with E-state index in [9.17, 15) is 0 Å². The molecule has 0 N–H and O–H groups in total. The summed E-state index contributed by atoms with van der Waals surface area (Å²) in [5.41, 5.74) is 0.439. The molecule has 0 heterocycles. The lowest BCUT2D eigenvalue weighted by molar-refractivity contribution is 0.0899. The van der Waals surface area contributed by atoms with Crippen molar-refractivity contribution < 1.29 is 4.74 Å². The minimum Gasteiger partial charge on any atom is -0.381 e. The fraction of sp³-hybridized carbons (Fsp3) is 1.00. The molecule has 1 atom stereocenters. The molecular formula is C11H24O. The van der Waals surface area contributed by atoms with Crippen molar-refractivity contribution in [3.8, 4) is 0 Å². The fourth-order valence-electron chi connectivity index (χ4n) is 1.53. The first kappa shape index (κ1) is 12.0. The van der Waals surface area contributed by atoms with E-state index in [1.54, 1.807) is 0 Å². The maximum absolute atomic E-state index is 5.49. The maximum atomic E-state index is 5.49. The molecule has 12 heavy (non-hydrogen) atoms. The zero-order valence-corrected chi connectivity index (χ0v) is 9.31. The molecule has 0 aliphatic heterocycles. The zero-order chi connectivity index (χ0) is 9.61. The third-order valence-electron chi connectivity index (χ3n) is 1.71. The van der Waals surface area contributed by atoms with Gasteiger partial charge in [-0.25, -0.2) is 0 Å². The first-order valence-corrected chi connectivity index (χ1v) is 5.03. The normalized spacial score (nSPS) is 14.8. The van der Waals surface area contributed by atoms with Crippen LogP contribution in [0.3, 0.4) is 0 Å². The van der Waals surface area contributed by atoms with Gasteiger partial charge in [-0.3, -0.25) is 0 Å². The summed E-state index contributed by atoms with van der Waals surface area (Å²) in [4.78, 5) is 0. The van der Waals surface area contributed by atoms with Gasteiger partial charge in [0.05, 0.1) is 0 Å². The van der Waals surface area contributed by atoms with E-state index < -0.39 is 0 Å². The van der Waals surface area contributed by atoms with Crippen LogP contribution in [0, 0.1) is 11.3 Å². The van der Waals surface area contributed by atoms with Gasteiger partial charge in [-0.1, -0.05) is 34.6 Å². The van der Waals surface area contributed by atoms with E-state index >= 15 is 0 Å². The highest BCUT2D eigenvalue weighted by Gasteiger charge is 2.14. The highest BCUT2D eigenvalue weighted by atomic mass is 16.5. The van der Waals surface area contributed by atoms with Crippen molar-refractivity contribution in [3.05, 3.63) is 0 Å². The van der Waals surface area contributed by atoms with Crippen molar-refractivity contribution in [3.63, 3.8) is 0 Å². The first-order valence-electron chi connectivity index (χ1n) is 5.03.